The van der Waals surface area contributed by atoms with Crippen LogP contribution in [0.5, 0.6) is 0 Å². The number of nitrogens with one attached hydrogen (secondary N) is 1. The molecule has 1 atom stereocenters. The van der Waals surface area contributed by atoms with Crippen molar-refractivity contribution in [3.05, 3.63) is 46.6 Å². The van der Waals surface area contributed by atoms with Gasteiger partial charge in [0.1, 0.15) is 11.4 Å². The van der Waals surface area contributed by atoms with Gasteiger partial charge in [-0.25, -0.2) is 4.79 Å². The van der Waals surface area contributed by atoms with E-state index in [9.17, 15) is 4.79 Å². The lowest BCUT2D eigenvalue weighted by atomic mass is 9.99. The number of aromatic nitrogens is 3. The summed E-state index contributed by atoms with van der Waals surface area (Å²) in [5.74, 6) is 1.51. The van der Waals surface area contributed by atoms with Crippen LogP contribution in [0.25, 0.3) is 11.0 Å². The molecule has 2 fully saturated rings. The topological polar surface area (TPSA) is 73.0 Å². The summed E-state index contributed by atoms with van der Waals surface area (Å²) in [5, 5.41) is 14.3. The molecule has 1 saturated carbocycles. The largest absolute Gasteiger partial charge is 0.423 e. The summed E-state index contributed by atoms with van der Waals surface area (Å²) in [6, 6.07) is 9.69. The molecular formula is C19H20N4O2S. The molecule has 2 aliphatic rings. The molecule has 1 unspecified atom stereocenters. The highest BCUT2D eigenvalue weighted by molar-refractivity contribution is 7.99. The first kappa shape index (κ1) is 16.1. The Morgan fingerprint density at radius 3 is 2.88 bits per heavy atom. The number of hydrogen-bond donors (Lipinski definition) is 1. The minimum Gasteiger partial charge on any atom is -0.423 e. The van der Waals surface area contributed by atoms with Crippen LogP contribution in [-0.4, -0.2) is 27.9 Å². The molecule has 3 aromatic rings. The summed E-state index contributed by atoms with van der Waals surface area (Å²) >= 11 is 1.52. The molecule has 134 valence electrons. The first-order valence-electron chi connectivity index (χ1n) is 9.16. The average molecular weight is 368 g/mol. The highest BCUT2D eigenvalue weighted by Gasteiger charge is 2.33. The number of rotatable bonds is 4. The molecule has 1 aromatic carbocycles. The van der Waals surface area contributed by atoms with Crippen LogP contribution < -0.4 is 10.9 Å². The van der Waals surface area contributed by atoms with Crippen molar-refractivity contribution in [2.75, 3.05) is 13.1 Å². The third-order valence-corrected chi connectivity index (χ3v) is 6.10. The molecule has 0 amide bonds. The van der Waals surface area contributed by atoms with Gasteiger partial charge in [0, 0.05) is 34.9 Å². The zero-order valence-electron chi connectivity index (χ0n) is 14.4. The van der Waals surface area contributed by atoms with Gasteiger partial charge >= 0.3 is 5.63 Å². The van der Waals surface area contributed by atoms with Crippen LogP contribution in [0.15, 0.2) is 49.6 Å². The fourth-order valence-electron chi connectivity index (χ4n) is 3.65. The molecule has 0 spiro atoms. The molecule has 1 aliphatic heterocycles. The van der Waals surface area contributed by atoms with Crippen LogP contribution in [0.4, 0.5) is 0 Å². The van der Waals surface area contributed by atoms with E-state index in [-0.39, 0.29) is 5.63 Å². The standard InChI is InChI=1S/C19H20N4O2S/c24-17-10-16(14-5-1-2-6-15(14)25-17)26-19-22-21-18(23(19)13-7-8-13)12-4-3-9-20-11-12/h1-2,5-6,10,12-13,20H,3-4,7-9,11H2. The third kappa shape index (κ3) is 2.95. The van der Waals surface area contributed by atoms with Gasteiger partial charge in [0.25, 0.3) is 0 Å². The number of piperidine rings is 1. The van der Waals surface area contributed by atoms with E-state index in [4.69, 9.17) is 4.42 Å². The minimum atomic E-state index is -0.333. The van der Waals surface area contributed by atoms with Crippen molar-refractivity contribution in [3.8, 4) is 0 Å². The SMILES string of the molecule is O=c1cc(Sc2nnc(C3CCCNC3)n2C2CC2)c2ccccc2o1. The Morgan fingerprint density at radius 2 is 2.08 bits per heavy atom. The summed E-state index contributed by atoms with van der Waals surface area (Å²) in [6.07, 6.45) is 4.68. The van der Waals surface area contributed by atoms with Crippen molar-refractivity contribution < 1.29 is 4.42 Å². The molecule has 7 heteroatoms. The van der Waals surface area contributed by atoms with E-state index in [1.165, 1.54) is 31.0 Å². The first-order chi connectivity index (χ1) is 12.8. The maximum absolute atomic E-state index is 11.9. The van der Waals surface area contributed by atoms with E-state index in [1.54, 1.807) is 6.07 Å². The molecule has 3 heterocycles. The molecule has 0 bridgehead atoms. The Balaban J connectivity index is 1.55. The van der Waals surface area contributed by atoms with Gasteiger partial charge in [0.15, 0.2) is 5.16 Å². The fourth-order valence-corrected chi connectivity index (χ4v) is 4.70. The van der Waals surface area contributed by atoms with Crippen LogP contribution in [0.3, 0.4) is 0 Å². The van der Waals surface area contributed by atoms with E-state index in [0.717, 1.165) is 40.8 Å². The van der Waals surface area contributed by atoms with Crippen LogP contribution in [-0.2, 0) is 0 Å². The van der Waals surface area contributed by atoms with Gasteiger partial charge < -0.3 is 14.3 Å². The molecular weight excluding hydrogens is 348 g/mol. The van der Waals surface area contributed by atoms with Crippen LogP contribution in [0.2, 0.25) is 0 Å². The van der Waals surface area contributed by atoms with Crippen molar-refractivity contribution >= 4 is 22.7 Å². The lowest BCUT2D eigenvalue weighted by Crippen LogP contribution is -2.30. The smallest absolute Gasteiger partial charge is 0.337 e. The van der Waals surface area contributed by atoms with Gasteiger partial charge in [-0.2, -0.15) is 0 Å². The lowest BCUT2D eigenvalue weighted by molar-refractivity contribution is 0.428. The maximum atomic E-state index is 11.9. The Labute approximate surface area is 155 Å². The highest BCUT2D eigenvalue weighted by Crippen LogP contribution is 2.43. The molecule has 1 aliphatic carbocycles. The Morgan fingerprint density at radius 1 is 1.19 bits per heavy atom. The van der Waals surface area contributed by atoms with Crippen molar-refractivity contribution in [3.63, 3.8) is 0 Å². The zero-order chi connectivity index (χ0) is 17.5. The quantitative estimate of drug-likeness (QED) is 0.712. The Hall–Kier alpha value is -2.12. The summed E-state index contributed by atoms with van der Waals surface area (Å²) in [7, 11) is 0. The molecule has 1 N–H and O–H groups in total. The molecule has 1 saturated heterocycles. The van der Waals surface area contributed by atoms with Gasteiger partial charge in [-0.3, -0.25) is 0 Å². The lowest BCUT2D eigenvalue weighted by Gasteiger charge is -2.22. The highest BCUT2D eigenvalue weighted by atomic mass is 32.2. The molecule has 6 nitrogen and oxygen atoms in total. The maximum Gasteiger partial charge on any atom is 0.337 e. The van der Waals surface area contributed by atoms with Crippen molar-refractivity contribution in [1.29, 1.82) is 0 Å². The molecule has 0 radical (unpaired) electrons. The van der Waals surface area contributed by atoms with E-state index in [2.05, 4.69) is 20.1 Å². The summed E-state index contributed by atoms with van der Waals surface area (Å²) in [6.45, 7) is 2.05. The monoisotopic (exact) mass is 368 g/mol. The predicted molar refractivity (Wildman–Crippen MR) is 99.7 cm³/mol. The fraction of sp³-hybridized carbons (Fsp3) is 0.421. The number of hydrogen-bond acceptors (Lipinski definition) is 6. The van der Waals surface area contributed by atoms with E-state index < -0.39 is 0 Å². The van der Waals surface area contributed by atoms with Crippen molar-refractivity contribution in [2.45, 2.75) is 47.7 Å². The minimum absolute atomic E-state index is 0.333. The van der Waals surface area contributed by atoms with E-state index in [1.807, 2.05) is 24.3 Å². The van der Waals surface area contributed by atoms with E-state index >= 15 is 0 Å². The summed E-state index contributed by atoms with van der Waals surface area (Å²) in [4.78, 5) is 12.8. The number of para-hydroxylation sites is 1. The molecule has 26 heavy (non-hydrogen) atoms. The summed E-state index contributed by atoms with van der Waals surface area (Å²) in [5.41, 5.74) is 0.275. The number of nitrogens with zero attached hydrogens (tertiary/aromatic N) is 3. The third-order valence-electron chi connectivity index (χ3n) is 5.08. The van der Waals surface area contributed by atoms with Crippen molar-refractivity contribution in [2.24, 2.45) is 0 Å². The first-order valence-corrected chi connectivity index (χ1v) is 9.97. The number of benzene rings is 1. The van der Waals surface area contributed by atoms with Gasteiger partial charge in [-0.05, 0) is 50.1 Å². The van der Waals surface area contributed by atoms with Gasteiger partial charge in [-0.15, -0.1) is 10.2 Å². The second-order valence-electron chi connectivity index (χ2n) is 7.01. The van der Waals surface area contributed by atoms with Gasteiger partial charge in [0.2, 0.25) is 0 Å². The second-order valence-corrected chi connectivity index (χ2v) is 8.02. The normalized spacial score (nSPS) is 20.5. The Kier molecular flexibility index (Phi) is 4.05. The second kappa shape index (κ2) is 6.55. The van der Waals surface area contributed by atoms with Gasteiger partial charge in [0.05, 0.1) is 0 Å². The zero-order valence-corrected chi connectivity index (χ0v) is 15.2. The van der Waals surface area contributed by atoms with Crippen LogP contribution >= 0.6 is 11.8 Å². The van der Waals surface area contributed by atoms with Crippen molar-refractivity contribution in [1.82, 2.24) is 20.1 Å². The Bertz CT molecular complexity index is 1000. The summed E-state index contributed by atoms with van der Waals surface area (Å²) < 4.78 is 7.62. The molecule has 2 aromatic heterocycles. The predicted octanol–water partition coefficient (Wildman–Crippen LogP) is 3.34. The van der Waals surface area contributed by atoms with E-state index in [0.29, 0.717) is 17.5 Å². The number of fused-ring (bicyclic) bond motifs is 1. The van der Waals surface area contributed by atoms with Crippen LogP contribution in [0, 0.1) is 0 Å². The van der Waals surface area contributed by atoms with Crippen LogP contribution in [0.1, 0.15) is 43.5 Å². The van der Waals surface area contributed by atoms with Gasteiger partial charge in [-0.1, -0.05) is 18.2 Å². The molecule has 5 rings (SSSR count). The average Bonchev–Trinajstić information content (AvgIpc) is 3.42.